The molecule has 0 bridgehead atoms. The standard InChI is InChI=1S/C20H24N4O4/c1-12(2)21-18(25)16-15-9-4-5-10-24(15)17(23-16)19(26)22-14-8-6-7-13(11-14)20(27)28-3/h6-8,11-12H,4-5,9-10H2,1-3H3,(H,21,25)(H,22,26). The molecule has 1 aromatic heterocycles. The lowest BCUT2D eigenvalue weighted by Gasteiger charge is -2.17. The number of methoxy groups -OCH3 is 1. The number of nitrogens with one attached hydrogen (secondary N) is 2. The molecule has 0 spiro atoms. The van der Waals surface area contributed by atoms with Crippen LogP contribution in [0, 0.1) is 0 Å². The van der Waals surface area contributed by atoms with Crippen molar-refractivity contribution < 1.29 is 19.1 Å². The van der Waals surface area contributed by atoms with Gasteiger partial charge in [0, 0.05) is 18.3 Å². The van der Waals surface area contributed by atoms with Crippen molar-refractivity contribution in [2.24, 2.45) is 0 Å². The van der Waals surface area contributed by atoms with Crippen LogP contribution < -0.4 is 10.6 Å². The van der Waals surface area contributed by atoms with Crippen LogP contribution in [0.25, 0.3) is 0 Å². The lowest BCUT2D eigenvalue weighted by atomic mass is 10.1. The number of carbonyl (C=O) groups excluding carboxylic acids is 3. The Balaban J connectivity index is 1.89. The first-order chi connectivity index (χ1) is 13.4. The molecule has 1 aliphatic heterocycles. The number of carbonyl (C=O) groups is 3. The van der Waals surface area contributed by atoms with Crippen molar-refractivity contribution >= 4 is 23.5 Å². The number of hydrogen-bond donors (Lipinski definition) is 2. The molecule has 1 aromatic carbocycles. The number of ether oxygens (including phenoxy) is 1. The molecule has 0 saturated carbocycles. The fourth-order valence-electron chi connectivity index (χ4n) is 3.26. The molecule has 3 rings (SSSR count). The molecular weight excluding hydrogens is 360 g/mol. The number of anilines is 1. The van der Waals surface area contributed by atoms with Crippen LogP contribution in [0.1, 0.15) is 63.8 Å². The van der Waals surface area contributed by atoms with E-state index in [2.05, 4.69) is 15.6 Å². The third-order valence-electron chi connectivity index (χ3n) is 4.50. The Hall–Kier alpha value is -3.16. The van der Waals surface area contributed by atoms with Crippen LogP contribution in [0.4, 0.5) is 5.69 Å². The maximum atomic E-state index is 12.9. The van der Waals surface area contributed by atoms with Crippen molar-refractivity contribution in [3.05, 3.63) is 47.0 Å². The summed E-state index contributed by atoms with van der Waals surface area (Å²) in [4.78, 5) is 41.4. The van der Waals surface area contributed by atoms with Gasteiger partial charge in [0.15, 0.2) is 5.82 Å². The number of rotatable bonds is 5. The second kappa shape index (κ2) is 8.24. The van der Waals surface area contributed by atoms with Gasteiger partial charge in [0.2, 0.25) is 0 Å². The Morgan fingerprint density at radius 2 is 1.96 bits per heavy atom. The summed E-state index contributed by atoms with van der Waals surface area (Å²) < 4.78 is 6.52. The highest BCUT2D eigenvalue weighted by Gasteiger charge is 2.27. The van der Waals surface area contributed by atoms with E-state index in [1.54, 1.807) is 18.2 Å². The number of esters is 1. The topological polar surface area (TPSA) is 102 Å². The molecule has 2 heterocycles. The number of imidazole rings is 1. The summed E-state index contributed by atoms with van der Waals surface area (Å²) in [5.74, 6) is -0.977. The van der Waals surface area contributed by atoms with Crippen molar-refractivity contribution in [2.75, 3.05) is 12.4 Å². The van der Waals surface area contributed by atoms with E-state index >= 15 is 0 Å². The van der Waals surface area contributed by atoms with Gasteiger partial charge >= 0.3 is 5.97 Å². The van der Waals surface area contributed by atoms with Crippen molar-refractivity contribution in [2.45, 2.75) is 45.7 Å². The Morgan fingerprint density at radius 1 is 1.18 bits per heavy atom. The zero-order valence-electron chi connectivity index (χ0n) is 16.2. The van der Waals surface area contributed by atoms with E-state index in [0.717, 1.165) is 18.5 Å². The molecule has 2 N–H and O–H groups in total. The minimum atomic E-state index is -0.484. The first-order valence-electron chi connectivity index (χ1n) is 9.30. The fourth-order valence-corrected chi connectivity index (χ4v) is 3.26. The number of benzene rings is 1. The van der Waals surface area contributed by atoms with Crippen molar-refractivity contribution in [1.29, 1.82) is 0 Å². The molecule has 2 aromatic rings. The predicted molar refractivity (Wildman–Crippen MR) is 104 cm³/mol. The highest BCUT2D eigenvalue weighted by molar-refractivity contribution is 6.04. The molecular formula is C20H24N4O4. The van der Waals surface area contributed by atoms with E-state index in [1.807, 2.05) is 18.4 Å². The van der Waals surface area contributed by atoms with Crippen LogP contribution in [-0.4, -0.2) is 40.5 Å². The maximum absolute atomic E-state index is 12.9. The average molecular weight is 384 g/mol. The first kappa shape index (κ1) is 19.6. The lowest BCUT2D eigenvalue weighted by molar-refractivity contribution is 0.0600. The van der Waals surface area contributed by atoms with Gasteiger partial charge in [-0.15, -0.1) is 0 Å². The lowest BCUT2D eigenvalue weighted by Crippen LogP contribution is -2.31. The quantitative estimate of drug-likeness (QED) is 0.771. The van der Waals surface area contributed by atoms with Crippen molar-refractivity contribution in [3.8, 4) is 0 Å². The molecule has 148 valence electrons. The van der Waals surface area contributed by atoms with Crippen LogP contribution in [-0.2, 0) is 17.7 Å². The third-order valence-corrected chi connectivity index (χ3v) is 4.50. The largest absolute Gasteiger partial charge is 0.465 e. The summed E-state index contributed by atoms with van der Waals surface area (Å²) >= 11 is 0. The van der Waals surface area contributed by atoms with E-state index in [4.69, 9.17) is 4.74 Å². The molecule has 0 fully saturated rings. The smallest absolute Gasteiger partial charge is 0.337 e. The Bertz CT molecular complexity index is 917. The van der Waals surface area contributed by atoms with Crippen LogP contribution in [0.15, 0.2) is 24.3 Å². The summed E-state index contributed by atoms with van der Waals surface area (Å²) in [5, 5.41) is 5.60. The van der Waals surface area contributed by atoms with Crippen LogP contribution in [0.5, 0.6) is 0 Å². The molecule has 1 aliphatic rings. The summed E-state index contributed by atoms with van der Waals surface area (Å²) in [6, 6.07) is 6.46. The van der Waals surface area contributed by atoms with E-state index in [0.29, 0.717) is 29.9 Å². The minimum Gasteiger partial charge on any atom is -0.465 e. The summed E-state index contributed by atoms with van der Waals surface area (Å²) in [7, 11) is 1.30. The van der Waals surface area contributed by atoms with E-state index in [9.17, 15) is 14.4 Å². The van der Waals surface area contributed by atoms with Gasteiger partial charge in [0.1, 0.15) is 5.69 Å². The number of aromatic nitrogens is 2. The van der Waals surface area contributed by atoms with Gasteiger partial charge in [0.05, 0.1) is 18.4 Å². The Morgan fingerprint density at radius 3 is 2.68 bits per heavy atom. The molecule has 2 amide bonds. The molecule has 0 saturated heterocycles. The van der Waals surface area contributed by atoms with E-state index in [-0.39, 0.29) is 17.8 Å². The predicted octanol–water partition coefficient (Wildman–Crippen LogP) is 2.40. The first-order valence-corrected chi connectivity index (χ1v) is 9.30. The second-order valence-electron chi connectivity index (χ2n) is 6.99. The van der Waals surface area contributed by atoms with Gasteiger partial charge in [-0.25, -0.2) is 9.78 Å². The number of amides is 2. The Labute approximate surface area is 163 Å². The van der Waals surface area contributed by atoms with Gasteiger partial charge < -0.3 is 19.9 Å². The molecule has 0 atom stereocenters. The van der Waals surface area contributed by atoms with E-state index < -0.39 is 11.9 Å². The van der Waals surface area contributed by atoms with Gasteiger partial charge in [-0.3, -0.25) is 9.59 Å². The van der Waals surface area contributed by atoms with Gasteiger partial charge in [0.25, 0.3) is 11.8 Å². The second-order valence-corrected chi connectivity index (χ2v) is 6.99. The van der Waals surface area contributed by atoms with Crippen molar-refractivity contribution in [3.63, 3.8) is 0 Å². The maximum Gasteiger partial charge on any atom is 0.337 e. The van der Waals surface area contributed by atoms with Gasteiger partial charge in [-0.2, -0.15) is 0 Å². The number of fused-ring (bicyclic) bond motifs is 1. The molecule has 0 unspecified atom stereocenters. The summed E-state index contributed by atoms with van der Waals surface area (Å²) in [5.41, 5.74) is 1.89. The van der Waals surface area contributed by atoms with Crippen LogP contribution in [0.3, 0.4) is 0 Å². The molecule has 28 heavy (non-hydrogen) atoms. The summed E-state index contributed by atoms with van der Waals surface area (Å²) in [6.45, 7) is 4.40. The highest BCUT2D eigenvalue weighted by atomic mass is 16.5. The van der Waals surface area contributed by atoms with Crippen LogP contribution in [0.2, 0.25) is 0 Å². The van der Waals surface area contributed by atoms with Crippen LogP contribution >= 0.6 is 0 Å². The zero-order chi connectivity index (χ0) is 20.3. The van der Waals surface area contributed by atoms with Gasteiger partial charge in [-0.1, -0.05) is 6.07 Å². The number of hydrogen-bond acceptors (Lipinski definition) is 5. The highest BCUT2D eigenvalue weighted by Crippen LogP contribution is 2.22. The Kier molecular flexibility index (Phi) is 5.77. The van der Waals surface area contributed by atoms with E-state index in [1.165, 1.54) is 13.2 Å². The molecule has 0 aliphatic carbocycles. The normalized spacial score (nSPS) is 13.0. The zero-order valence-corrected chi connectivity index (χ0v) is 16.2. The molecule has 8 nitrogen and oxygen atoms in total. The van der Waals surface area contributed by atoms with Crippen molar-refractivity contribution in [1.82, 2.24) is 14.9 Å². The summed E-state index contributed by atoms with van der Waals surface area (Å²) in [6.07, 6.45) is 2.58. The monoisotopic (exact) mass is 384 g/mol. The fraction of sp³-hybridized carbons (Fsp3) is 0.400. The third kappa shape index (κ3) is 4.05. The molecule has 0 radical (unpaired) electrons. The van der Waals surface area contributed by atoms with Gasteiger partial charge in [-0.05, 0) is 51.3 Å². The minimum absolute atomic E-state index is 0.0215. The molecule has 8 heteroatoms. The number of nitrogens with zero attached hydrogens (tertiary/aromatic N) is 2. The average Bonchev–Trinajstić information content (AvgIpc) is 3.07. The SMILES string of the molecule is COC(=O)c1cccc(NC(=O)c2nc(C(=O)NC(C)C)c3n2CCCC3)c1.